The second kappa shape index (κ2) is 8.37. The van der Waals surface area contributed by atoms with Crippen molar-refractivity contribution in [2.45, 2.75) is 37.7 Å². The number of nitrogens with one attached hydrogen (secondary N) is 1. The van der Waals surface area contributed by atoms with Crippen LogP contribution in [0.25, 0.3) is 0 Å². The summed E-state index contributed by atoms with van der Waals surface area (Å²) < 4.78 is 0. The van der Waals surface area contributed by atoms with E-state index in [1.165, 1.54) is 4.90 Å². The lowest BCUT2D eigenvalue weighted by Crippen LogP contribution is -2.44. The van der Waals surface area contributed by atoms with E-state index in [9.17, 15) is 14.7 Å². The van der Waals surface area contributed by atoms with E-state index in [1.54, 1.807) is 0 Å². The number of halogens is 1. The number of piperidine rings is 1. The first-order valence-corrected chi connectivity index (χ1v) is 9.65. The molecule has 0 saturated carbocycles. The maximum absolute atomic E-state index is 11.9. The van der Waals surface area contributed by atoms with Gasteiger partial charge in [-0.2, -0.15) is 0 Å². The minimum Gasteiger partial charge on any atom is -0.385 e. The van der Waals surface area contributed by atoms with Gasteiger partial charge < -0.3 is 15.3 Å². The van der Waals surface area contributed by atoms with Crippen LogP contribution in [0.3, 0.4) is 0 Å². The summed E-state index contributed by atoms with van der Waals surface area (Å²) in [6, 6.07) is 7.20. The topological polar surface area (TPSA) is 72.9 Å². The van der Waals surface area contributed by atoms with Gasteiger partial charge in [-0.1, -0.05) is 29.8 Å². The van der Waals surface area contributed by atoms with E-state index in [4.69, 9.17) is 11.6 Å². The Balaban J connectivity index is 1.39. The molecule has 0 aromatic heterocycles. The average Bonchev–Trinajstić information content (AvgIpc) is 3.06. The van der Waals surface area contributed by atoms with E-state index < -0.39 is 5.60 Å². The van der Waals surface area contributed by atoms with E-state index in [0.29, 0.717) is 37.4 Å². The van der Waals surface area contributed by atoms with Gasteiger partial charge in [0.05, 0.1) is 5.60 Å². The summed E-state index contributed by atoms with van der Waals surface area (Å²) in [4.78, 5) is 27.0. The van der Waals surface area contributed by atoms with Gasteiger partial charge in [-0.25, -0.2) is 4.79 Å². The summed E-state index contributed by atoms with van der Waals surface area (Å²) >= 11 is 6.24. The molecule has 2 N–H and O–H groups in total. The van der Waals surface area contributed by atoms with Gasteiger partial charge in [0.15, 0.2) is 0 Å². The van der Waals surface area contributed by atoms with Gasteiger partial charge in [0.25, 0.3) is 0 Å². The molecule has 2 saturated heterocycles. The van der Waals surface area contributed by atoms with Crippen molar-refractivity contribution < 1.29 is 14.7 Å². The van der Waals surface area contributed by atoms with Gasteiger partial charge in [0.2, 0.25) is 5.91 Å². The monoisotopic (exact) mass is 379 g/mol. The quantitative estimate of drug-likeness (QED) is 0.770. The largest absolute Gasteiger partial charge is 0.385 e. The molecule has 2 aliphatic rings. The number of amides is 3. The fourth-order valence-electron chi connectivity index (χ4n) is 3.71. The maximum atomic E-state index is 11.9. The van der Waals surface area contributed by atoms with Crippen molar-refractivity contribution in [2.24, 2.45) is 0 Å². The summed E-state index contributed by atoms with van der Waals surface area (Å²) in [7, 11) is 0. The second-order valence-electron chi connectivity index (χ2n) is 7.09. The summed E-state index contributed by atoms with van der Waals surface area (Å²) in [5.41, 5.74) is -0.0528. The lowest BCUT2D eigenvalue weighted by molar-refractivity contribution is -0.125. The van der Waals surface area contributed by atoms with Crippen molar-refractivity contribution in [3.05, 3.63) is 34.9 Å². The van der Waals surface area contributed by atoms with Crippen LogP contribution in [0.4, 0.5) is 4.79 Å². The highest BCUT2D eigenvalue weighted by Crippen LogP contribution is 2.36. The molecule has 0 radical (unpaired) electrons. The highest BCUT2D eigenvalue weighted by molar-refractivity contribution is 6.31. The van der Waals surface area contributed by atoms with Crippen LogP contribution in [0, 0.1) is 0 Å². The van der Waals surface area contributed by atoms with E-state index >= 15 is 0 Å². The van der Waals surface area contributed by atoms with Crippen molar-refractivity contribution in [2.75, 3.05) is 32.7 Å². The molecule has 0 unspecified atom stereocenters. The van der Waals surface area contributed by atoms with Crippen LogP contribution in [0.2, 0.25) is 5.02 Å². The number of urea groups is 1. The Morgan fingerprint density at radius 3 is 2.62 bits per heavy atom. The van der Waals surface area contributed by atoms with E-state index in [2.05, 4.69) is 10.2 Å². The van der Waals surface area contributed by atoms with Crippen LogP contribution in [-0.4, -0.2) is 59.6 Å². The third-order valence-corrected chi connectivity index (χ3v) is 5.63. The highest BCUT2D eigenvalue weighted by atomic mass is 35.5. The Bertz CT molecular complexity index is 659. The Kier molecular flexibility index (Phi) is 6.16. The van der Waals surface area contributed by atoms with Gasteiger partial charge in [-0.05, 0) is 38.3 Å². The fourth-order valence-corrected chi connectivity index (χ4v) is 4.02. The van der Waals surface area contributed by atoms with Crippen molar-refractivity contribution >= 4 is 23.5 Å². The summed E-state index contributed by atoms with van der Waals surface area (Å²) in [6.45, 7) is 3.51. The first-order chi connectivity index (χ1) is 12.5. The number of rotatable bonds is 5. The van der Waals surface area contributed by atoms with E-state index in [0.717, 1.165) is 38.0 Å². The molecule has 1 aromatic carbocycles. The number of likely N-dealkylation sites (tertiary alicyclic amines) is 2. The number of carbonyl (C=O) groups excluding carboxylic acids is 2. The molecular formula is C19H26ClN3O3. The first kappa shape index (κ1) is 19.1. The minimum absolute atomic E-state index is 0.0858. The Labute approximate surface area is 159 Å². The van der Waals surface area contributed by atoms with E-state index in [-0.39, 0.29) is 11.9 Å². The molecule has 7 heteroatoms. The maximum Gasteiger partial charge on any atom is 0.324 e. The average molecular weight is 380 g/mol. The van der Waals surface area contributed by atoms with Gasteiger partial charge in [0, 0.05) is 43.2 Å². The number of aliphatic hydroxyl groups is 1. The number of benzene rings is 1. The number of nitrogens with zero attached hydrogens (tertiary/aromatic N) is 2. The molecule has 0 spiro atoms. The molecular weight excluding hydrogens is 354 g/mol. The van der Waals surface area contributed by atoms with Gasteiger partial charge in [0.1, 0.15) is 0 Å². The molecule has 142 valence electrons. The van der Waals surface area contributed by atoms with Crippen LogP contribution in [0.1, 0.15) is 37.7 Å². The molecule has 0 atom stereocenters. The van der Waals surface area contributed by atoms with Crippen molar-refractivity contribution in [1.29, 1.82) is 0 Å². The van der Waals surface area contributed by atoms with Crippen LogP contribution < -0.4 is 5.32 Å². The normalized spacial score (nSPS) is 20.4. The summed E-state index contributed by atoms with van der Waals surface area (Å²) in [5.74, 6) is -0.0858. The Hall–Kier alpha value is -1.63. The molecule has 6 nitrogen and oxygen atoms in total. The van der Waals surface area contributed by atoms with Crippen molar-refractivity contribution in [1.82, 2.24) is 15.1 Å². The highest BCUT2D eigenvalue weighted by Gasteiger charge is 2.35. The predicted octanol–water partition coefficient (Wildman–Crippen LogP) is 2.35. The molecule has 2 heterocycles. The number of hydrogen-bond donors (Lipinski definition) is 2. The van der Waals surface area contributed by atoms with E-state index in [1.807, 2.05) is 24.3 Å². The summed E-state index contributed by atoms with van der Waals surface area (Å²) in [5, 5.41) is 14.4. The Morgan fingerprint density at radius 2 is 1.96 bits per heavy atom. The van der Waals surface area contributed by atoms with Crippen LogP contribution in [-0.2, 0) is 10.4 Å². The van der Waals surface area contributed by atoms with Crippen molar-refractivity contribution in [3.8, 4) is 0 Å². The van der Waals surface area contributed by atoms with Crippen molar-refractivity contribution in [3.63, 3.8) is 0 Å². The third kappa shape index (κ3) is 4.37. The molecule has 3 amide bonds. The molecule has 3 rings (SSSR count). The van der Waals surface area contributed by atoms with Gasteiger partial charge in [-0.3, -0.25) is 9.69 Å². The van der Waals surface area contributed by atoms with Gasteiger partial charge in [-0.15, -0.1) is 0 Å². The predicted molar refractivity (Wildman–Crippen MR) is 100.0 cm³/mol. The molecule has 1 aromatic rings. The number of imide groups is 1. The minimum atomic E-state index is -0.862. The van der Waals surface area contributed by atoms with Crippen LogP contribution in [0.5, 0.6) is 0 Å². The lowest BCUT2D eigenvalue weighted by atomic mass is 9.84. The van der Waals surface area contributed by atoms with Gasteiger partial charge >= 0.3 is 6.03 Å². The zero-order chi connectivity index (χ0) is 18.6. The smallest absolute Gasteiger partial charge is 0.324 e. The zero-order valence-corrected chi connectivity index (χ0v) is 15.7. The SMILES string of the molecule is O=C1CCCN1C(=O)NCCCN1CCC(O)(c2ccccc2Cl)CC1. The summed E-state index contributed by atoms with van der Waals surface area (Å²) in [6.07, 6.45) is 3.33. The zero-order valence-electron chi connectivity index (χ0n) is 14.9. The third-order valence-electron chi connectivity index (χ3n) is 5.30. The number of carbonyl (C=O) groups is 2. The molecule has 0 bridgehead atoms. The lowest BCUT2D eigenvalue weighted by Gasteiger charge is -2.39. The standard InChI is InChI=1S/C19H26ClN3O3/c20-16-6-2-1-5-15(16)19(26)8-13-22(14-9-19)11-4-10-21-18(25)23-12-3-7-17(23)24/h1-2,5-6,26H,3-4,7-14H2,(H,21,25). The molecule has 2 aliphatic heterocycles. The van der Waals surface area contributed by atoms with Crippen LogP contribution >= 0.6 is 11.6 Å². The molecule has 0 aliphatic carbocycles. The van der Waals surface area contributed by atoms with Crippen LogP contribution in [0.15, 0.2) is 24.3 Å². The Morgan fingerprint density at radius 1 is 1.23 bits per heavy atom. The molecule has 2 fully saturated rings. The fraction of sp³-hybridized carbons (Fsp3) is 0.579. The second-order valence-corrected chi connectivity index (χ2v) is 7.49. The molecule has 26 heavy (non-hydrogen) atoms. The first-order valence-electron chi connectivity index (χ1n) is 9.27. The number of hydrogen-bond acceptors (Lipinski definition) is 4.